The number of carbonyl (C=O) groups is 1. The van der Waals surface area contributed by atoms with E-state index in [1.807, 2.05) is 6.92 Å². The van der Waals surface area contributed by atoms with Crippen molar-refractivity contribution in [2.75, 3.05) is 6.54 Å². The molecule has 1 unspecified atom stereocenters. The molecule has 0 aliphatic rings. The Kier molecular flexibility index (Phi) is 6.77. The Hall–Kier alpha value is -1.66. The van der Waals surface area contributed by atoms with E-state index in [1.165, 1.54) is 0 Å². The van der Waals surface area contributed by atoms with E-state index in [-0.39, 0.29) is 24.4 Å². The maximum Gasteiger partial charge on any atom is 0.258 e. The van der Waals surface area contributed by atoms with Crippen molar-refractivity contribution < 1.29 is 9.32 Å². The van der Waals surface area contributed by atoms with Gasteiger partial charge in [0.15, 0.2) is 0 Å². The van der Waals surface area contributed by atoms with E-state index in [1.54, 1.807) is 13.0 Å². The van der Waals surface area contributed by atoms with Crippen molar-refractivity contribution in [3.8, 4) is 0 Å². The minimum atomic E-state index is -0.150. The Bertz CT molecular complexity index is 642. The van der Waals surface area contributed by atoms with Crippen LogP contribution in [0.2, 0.25) is 0 Å². The third kappa shape index (κ3) is 3.96. The standard InChI is InChI=1S/C15H22N4O2.ClH/c1-4-5-6-11(8-16)18-14(20)12-7-9(2)17-15-13(12)10(3)19-21-15;/h7,11H,4-6,8,16H2,1-3H3,(H,18,20);1H. The first-order valence-electron chi connectivity index (χ1n) is 7.31. The highest BCUT2D eigenvalue weighted by molar-refractivity contribution is 6.06. The predicted molar refractivity (Wildman–Crippen MR) is 88.4 cm³/mol. The van der Waals surface area contributed by atoms with Crippen LogP contribution in [0.25, 0.3) is 11.1 Å². The summed E-state index contributed by atoms with van der Waals surface area (Å²) < 4.78 is 5.15. The highest BCUT2D eigenvalue weighted by Gasteiger charge is 2.19. The van der Waals surface area contributed by atoms with Crippen molar-refractivity contribution in [1.82, 2.24) is 15.5 Å². The van der Waals surface area contributed by atoms with Gasteiger partial charge in [0.25, 0.3) is 11.6 Å². The average Bonchev–Trinajstić information content (AvgIpc) is 2.83. The van der Waals surface area contributed by atoms with Gasteiger partial charge in [-0.15, -0.1) is 12.4 Å². The van der Waals surface area contributed by atoms with E-state index in [2.05, 4.69) is 22.4 Å². The first-order chi connectivity index (χ1) is 10.1. The average molecular weight is 327 g/mol. The monoisotopic (exact) mass is 326 g/mol. The summed E-state index contributed by atoms with van der Waals surface area (Å²) in [5, 5.41) is 7.55. The van der Waals surface area contributed by atoms with Crippen LogP contribution in [0.15, 0.2) is 10.6 Å². The Morgan fingerprint density at radius 2 is 2.18 bits per heavy atom. The van der Waals surface area contributed by atoms with Gasteiger partial charge in [0.1, 0.15) is 0 Å². The van der Waals surface area contributed by atoms with Gasteiger partial charge in [-0.1, -0.05) is 24.9 Å². The number of fused-ring (bicyclic) bond motifs is 1. The lowest BCUT2D eigenvalue weighted by Gasteiger charge is -2.16. The molecule has 3 N–H and O–H groups in total. The van der Waals surface area contributed by atoms with Crippen molar-refractivity contribution >= 4 is 29.4 Å². The number of rotatable bonds is 6. The number of hydrogen-bond donors (Lipinski definition) is 2. The lowest BCUT2D eigenvalue weighted by molar-refractivity contribution is 0.0937. The molecule has 1 amide bonds. The van der Waals surface area contributed by atoms with Crippen LogP contribution in [0.4, 0.5) is 0 Å². The summed E-state index contributed by atoms with van der Waals surface area (Å²) >= 11 is 0. The van der Waals surface area contributed by atoms with Gasteiger partial charge in [0.05, 0.1) is 16.6 Å². The van der Waals surface area contributed by atoms with Crippen molar-refractivity contribution in [3.63, 3.8) is 0 Å². The van der Waals surface area contributed by atoms with Crippen LogP contribution in [0.3, 0.4) is 0 Å². The summed E-state index contributed by atoms with van der Waals surface area (Å²) in [6.45, 7) is 6.18. The van der Waals surface area contributed by atoms with E-state index in [0.717, 1.165) is 25.0 Å². The molecule has 2 heterocycles. The zero-order valence-corrected chi connectivity index (χ0v) is 14.0. The van der Waals surface area contributed by atoms with Gasteiger partial charge in [0.2, 0.25) is 0 Å². The summed E-state index contributed by atoms with van der Waals surface area (Å²) in [5.41, 5.74) is 8.07. The zero-order valence-electron chi connectivity index (χ0n) is 13.2. The molecule has 1 atom stereocenters. The normalized spacial score (nSPS) is 12.0. The molecule has 2 rings (SSSR count). The van der Waals surface area contributed by atoms with Crippen molar-refractivity contribution in [3.05, 3.63) is 23.0 Å². The number of amides is 1. The van der Waals surface area contributed by atoms with Crippen molar-refractivity contribution in [2.24, 2.45) is 5.73 Å². The summed E-state index contributed by atoms with van der Waals surface area (Å²) in [5.74, 6) is -0.150. The highest BCUT2D eigenvalue weighted by Crippen LogP contribution is 2.22. The third-order valence-electron chi connectivity index (χ3n) is 3.52. The third-order valence-corrected chi connectivity index (χ3v) is 3.52. The second-order valence-corrected chi connectivity index (χ2v) is 5.31. The van der Waals surface area contributed by atoms with E-state index >= 15 is 0 Å². The first-order valence-corrected chi connectivity index (χ1v) is 7.31. The molecule has 0 bridgehead atoms. The van der Waals surface area contributed by atoms with Crippen LogP contribution >= 0.6 is 12.4 Å². The summed E-state index contributed by atoms with van der Waals surface area (Å²) in [7, 11) is 0. The quantitative estimate of drug-likeness (QED) is 0.850. The molecule has 7 heteroatoms. The van der Waals surface area contributed by atoms with Gasteiger partial charge >= 0.3 is 0 Å². The number of halogens is 1. The molecule has 0 spiro atoms. The lowest BCUT2D eigenvalue weighted by atomic mass is 10.1. The molecule has 0 aromatic carbocycles. The van der Waals surface area contributed by atoms with Crippen LogP contribution in [-0.4, -0.2) is 28.6 Å². The lowest BCUT2D eigenvalue weighted by Crippen LogP contribution is -2.40. The smallest absolute Gasteiger partial charge is 0.258 e. The largest absolute Gasteiger partial charge is 0.348 e. The molecule has 122 valence electrons. The number of aryl methyl sites for hydroxylation is 2. The fourth-order valence-corrected chi connectivity index (χ4v) is 2.36. The molecule has 0 saturated carbocycles. The molecular formula is C15H23ClN4O2. The number of pyridine rings is 1. The van der Waals surface area contributed by atoms with Crippen LogP contribution in [-0.2, 0) is 0 Å². The fourth-order valence-electron chi connectivity index (χ4n) is 2.36. The number of aromatic nitrogens is 2. The number of hydrogen-bond acceptors (Lipinski definition) is 5. The SMILES string of the molecule is CCCCC(CN)NC(=O)c1cc(C)nc2onc(C)c12.Cl. The second-order valence-electron chi connectivity index (χ2n) is 5.31. The van der Waals surface area contributed by atoms with Crippen LogP contribution < -0.4 is 11.1 Å². The summed E-state index contributed by atoms with van der Waals surface area (Å²) in [6.07, 6.45) is 3.00. The van der Waals surface area contributed by atoms with Gasteiger partial charge in [-0.2, -0.15) is 0 Å². The van der Waals surface area contributed by atoms with E-state index < -0.39 is 0 Å². The zero-order chi connectivity index (χ0) is 15.4. The Labute approximate surface area is 136 Å². The minimum absolute atomic E-state index is 0. The van der Waals surface area contributed by atoms with Gasteiger partial charge in [-0.05, 0) is 26.3 Å². The second kappa shape index (κ2) is 8.10. The molecular weight excluding hydrogens is 304 g/mol. The van der Waals surface area contributed by atoms with Crippen LogP contribution in [0.5, 0.6) is 0 Å². The van der Waals surface area contributed by atoms with Gasteiger partial charge in [-0.25, -0.2) is 4.98 Å². The van der Waals surface area contributed by atoms with E-state index in [9.17, 15) is 4.79 Å². The molecule has 0 aliphatic carbocycles. The van der Waals surface area contributed by atoms with Crippen LogP contribution in [0.1, 0.15) is 47.9 Å². The summed E-state index contributed by atoms with van der Waals surface area (Å²) in [4.78, 5) is 16.8. The molecule has 0 saturated heterocycles. The maximum atomic E-state index is 12.5. The molecule has 0 radical (unpaired) electrons. The molecule has 6 nitrogen and oxygen atoms in total. The topological polar surface area (TPSA) is 94.0 Å². The Balaban J connectivity index is 0.00000242. The van der Waals surface area contributed by atoms with E-state index in [4.69, 9.17) is 10.3 Å². The Morgan fingerprint density at radius 1 is 1.45 bits per heavy atom. The molecule has 0 aliphatic heterocycles. The fraction of sp³-hybridized carbons (Fsp3) is 0.533. The molecule has 22 heavy (non-hydrogen) atoms. The number of carbonyl (C=O) groups excluding carboxylic acids is 1. The van der Waals surface area contributed by atoms with E-state index in [0.29, 0.717) is 28.9 Å². The molecule has 2 aromatic rings. The van der Waals surface area contributed by atoms with Crippen LogP contribution in [0, 0.1) is 13.8 Å². The molecule has 2 aromatic heterocycles. The number of nitrogens with zero attached hydrogens (tertiary/aromatic N) is 2. The van der Waals surface area contributed by atoms with Crippen molar-refractivity contribution in [2.45, 2.75) is 46.1 Å². The van der Waals surface area contributed by atoms with Gasteiger partial charge in [-0.3, -0.25) is 4.79 Å². The maximum absolute atomic E-state index is 12.5. The van der Waals surface area contributed by atoms with Crippen molar-refractivity contribution in [1.29, 1.82) is 0 Å². The number of unbranched alkanes of at least 4 members (excludes halogenated alkanes) is 1. The number of nitrogens with two attached hydrogens (primary N) is 1. The highest BCUT2D eigenvalue weighted by atomic mass is 35.5. The first kappa shape index (κ1) is 18.4. The summed E-state index contributed by atoms with van der Waals surface area (Å²) in [6, 6.07) is 1.75. The number of nitrogens with one attached hydrogen (secondary N) is 1. The molecule has 0 fully saturated rings. The Morgan fingerprint density at radius 3 is 2.82 bits per heavy atom. The predicted octanol–water partition coefficient (Wildman–Crippen LogP) is 2.51. The van der Waals surface area contributed by atoms with Gasteiger partial charge in [0, 0.05) is 18.3 Å². The minimum Gasteiger partial charge on any atom is -0.348 e. The van der Waals surface area contributed by atoms with Gasteiger partial charge < -0.3 is 15.6 Å².